The molecule has 0 bridgehead atoms. The van der Waals surface area contributed by atoms with Crippen molar-refractivity contribution >= 4 is 29.0 Å². The molecule has 3 heterocycles. The molecular formula is C24H26F3N5O4. The van der Waals surface area contributed by atoms with Crippen LogP contribution in [0, 0.1) is 0 Å². The van der Waals surface area contributed by atoms with Crippen molar-refractivity contribution in [3.63, 3.8) is 0 Å². The average molecular weight is 505 g/mol. The van der Waals surface area contributed by atoms with Gasteiger partial charge in [-0.05, 0) is 48.9 Å². The van der Waals surface area contributed by atoms with Gasteiger partial charge in [0.2, 0.25) is 5.91 Å². The van der Waals surface area contributed by atoms with Gasteiger partial charge >= 0.3 is 12.4 Å². The third-order valence-electron chi connectivity index (χ3n) is 5.84. The first-order valence-electron chi connectivity index (χ1n) is 11.2. The number of anilines is 2. The zero-order valence-corrected chi connectivity index (χ0v) is 19.8. The molecule has 4 rings (SSSR count). The number of methoxy groups -OCH3 is 1. The Kier molecular flexibility index (Phi) is 7.45. The molecule has 9 nitrogen and oxygen atoms in total. The van der Waals surface area contributed by atoms with Gasteiger partial charge in [-0.15, -0.1) is 13.2 Å². The summed E-state index contributed by atoms with van der Waals surface area (Å²) in [4.78, 5) is 33.7. The molecule has 0 saturated heterocycles. The monoisotopic (exact) mass is 505 g/mol. The highest BCUT2D eigenvalue weighted by atomic mass is 19.4. The van der Waals surface area contributed by atoms with Crippen LogP contribution in [-0.4, -0.2) is 68.6 Å². The number of likely N-dealkylation sites (N-methyl/N-ethyl adjacent to an activating group) is 1. The van der Waals surface area contributed by atoms with E-state index in [1.165, 1.54) is 24.1 Å². The quantitative estimate of drug-likeness (QED) is 0.624. The molecule has 0 fully saturated rings. The number of benzene rings is 1. The molecular weight excluding hydrogens is 479 g/mol. The summed E-state index contributed by atoms with van der Waals surface area (Å²) in [6.45, 7) is 1.48. The van der Waals surface area contributed by atoms with Gasteiger partial charge in [0.1, 0.15) is 12.3 Å². The predicted molar refractivity (Wildman–Crippen MR) is 127 cm³/mol. The van der Waals surface area contributed by atoms with E-state index in [4.69, 9.17) is 4.74 Å². The molecule has 2 aromatic rings. The summed E-state index contributed by atoms with van der Waals surface area (Å²) in [6.07, 6.45) is -1.91. The molecule has 1 aromatic carbocycles. The van der Waals surface area contributed by atoms with Crippen LogP contribution in [0.5, 0.6) is 5.75 Å². The predicted octanol–water partition coefficient (Wildman–Crippen LogP) is 3.55. The Hall–Kier alpha value is -3.64. The second-order valence-corrected chi connectivity index (χ2v) is 8.52. The Labute approximate surface area is 205 Å². The Morgan fingerprint density at radius 1 is 1.22 bits per heavy atom. The van der Waals surface area contributed by atoms with E-state index in [-0.39, 0.29) is 24.8 Å². The van der Waals surface area contributed by atoms with E-state index in [0.717, 1.165) is 42.9 Å². The zero-order chi connectivity index (χ0) is 25.9. The lowest BCUT2D eigenvalue weighted by Crippen LogP contribution is -2.49. The lowest BCUT2D eigenvalue weighted by atomic mass is 10.0. The van der Waals surface area contributed by atoms with Gasteiger partial charge in [0, 0.05) is 20.2 Å². The molecule has 192 valence electrons. The van der Waals surface area contributed by atoms with Crippen molar-refractivity contribution < 1.29 is 32.2 Å². The first kappa shape index (κ1) is 25.5. The Bertz CT molecular complexity index is 1150. The number of carbonyl (C=O) groups excluding carboxylic acids is 2. The van der Waals surface area contributed by atoms with E-state index >= 15 is 0 Å². The third kappa shape index (κ3) is 6.13. The standard InChI is InChI=1S/C24H26F3N5O4/c1-31-11-9-16(10-12-31)18-7-8-19-22(29-18)32(13-21(33)28-19)23(34)30-20(14-35-2)15-3-5-17(6-4-15)36-24(25,26)27/h3-9,20H,10-14H2,1-2H3,(H,28,33)(H,30,34). The lowest BCUT2D eigenvalue weighted by molar-refractivity contribution is -0.274. The number of hydrogen-bond acceptors (Lipinski definition) is 6. The Morgan fingerprint density at radius 3 is 2.61 bits per heavy atom. The largest absolute Gasteiger partial charge is 0.573 e. The SMILES string of the molecule is COCC(NC(=O)N1CC(=O)Nc2ccc(C3=CCN(C)CC3)nc21)c1ccc(OC(F)(F)F)cc1. The summed E-state index contributed by atoms with van der Waals surface area (Å²) in [6, 6.07) is 7.38. The maximum atomic E-state index is 13.3. The number of nitrogens with zero attached hydrogens (tertiary/aromatic N) is 3. The van der Waals surface area contributed by atoms with E-state index in [1.807, 2.05) is 13.1 Å². The highest BCUT2D eigenvalue weighted by molar-refractivity contribution is 6.08. The maximum Gasteiger partial charge on any atom is 0.573 e. The smallest absolute Gasteiger partial charge is 0.406 e. The van der Waals surface area contributed by atoms with Crippen molar-refractivity contribution in [1.82, 2.24) is 15.2 Å². The van der Waals surface area contributed by atoms with Gasteiger partial charge in [-0.1, -0.05) is 18.2 Å². The molecule has 0 spiro atoms. The van der Waals surface area contributed by atoms with Crippen molar-refractivity contribution in [3.8, 4) is 5.75 Å². The van der Waals surface area contributed by atoms with Crippen LogP contribution in [-0.2, 0) is 9.53 Å². The second kappa shape index (κ2) is 10.5. The number of amides is 3. The first-order chi connectivity index (χ1) is 17.1. The number of aromatic nitrogens is 1. The van der Waals surface area contributed by atoms with E-state index in [2.05, 4.69) is 31.3 Å². The van der Waals surface area contributed by atoms with Gasteiger partial charge in [-0.2, -0.15) is 0 Å². The fourth-order valence-corrected chi connectivity index (χ4v) is 4.03. The van der Waals surface area contributed by atoms with E-state index in [9.17, 15) is 22.8 Å². The molecule has 2 N–H and O–H groups in total. The molecule has 2 aliphatic rings. The molecule has 0 saturated carbocycles. The van der Waals surface area contributed by atoms with Gasteiger partial charge in [0.25, 0.3) is 0 Å². The van der Waals surface area contributed by atoms with Gasteiger partial charge in [-0.25, -0.2) is 9.78 Å². The number of alkyl halides is 3. The summed E-state index contributed by atoms with van der Waals surface area (Å²) in [7, 11) is 3.47. The molecule has 12 heteroatoms. The first-order valence-corrected chi connectivity index (χ1v) is 11.2. The minimum absolute atomic E-state index is 0.0476. The number of nitrogens with one attached hydrogen (secondary N) is 2. The Balaban J connectivity index is 1.56. The number of rotatable bonds is 6. The normalized spacial score (nSPS) is 17.1. The molecule has 2 aliphatic heterocycles. The molecule has 0 radical (unpaired) electrons. The average Bonchev–Trinajstić information content (AvgIpc) is 2.83. The minimum Gasteiger partial charge on any atom is -0.406 e. The third-order valence-corrected chi connectivity index (χ3v) is 5.84. The van der Waals surface area contributed by atoms with Crippen LogP contribution in [0.15, 0.2) is 42.5 Å². The molecule has 1 aromatic heterocycles. The van der Waals surface area contributed by atoms with Gasteiger partial charge in [0.05, 0.1) is 24.0 Å². The van der Waals surface area contributed by atoms with Crippen LogP contribution in [0.25, 0.3) is 5.57 Å². The molecule has 3 amide bonds. The summed E-state index contributed by atoms with van der Waals surface area (Å²) < 4.78 is 46.5. The van der Waals surface area contributed by atoms with Crippen molar-refractivity contribution in [2.45, 2.75) is 18.8 Å². The summed E-state index contributed by atoms with van der Waals surface area (Å²) in [5, 5.41) is 5.53. The fraction of sp³-hybridized carbons (Fsp3) is 0.375. The number of ether oxygens (including phenoxy) is 2. The van der Waals surface area contributed by atoms with Crippen LogP contribution < -0.4 is 20.3 Å². The van der Waals surface area contributed by atoms with E-state index in [0.29, 0.717) is 17.1 Å². The number of fused-ring (bicyclic) bond motifs is 1. The zero-order valence-electron chi connectivity index (χ0n) is 19.8. The summed E-state index contributed by atoms with van der Waals surface area (Å²) >= 11 is 0. The Morgan fingerprint density at radius 2 is 1.97 bits per heavy atom. The van der Waals surface area contributed by atoms with Crippen LogP contribution in [0.1, 0.15) is 23.7 Å². The molecule has 1 unspecified atom stereocenters. The van der Waals surface area contributed by atoms with Crippen LogP contribution in [0.3, 0.4) is 0 Å². The van der Waals surface area contributed by atoms with E-state index < -0.39 is 18.4 Å². The number of hydrogen-bond donors (Lipinski definition) is 2. The highest BCUT2D eigenvalue weighted by Gasteiger charge is 2.32. The van der Waals surface area contributed by atoms with Crippen molar-refractivity contribution in [2.24, 2.45) is 0 Å². The second-order valence-electron chi connectivity index (χ2n) is 8.52. The van der Waals surface area contributed by atoms with Crippen LogP contribution >= 0.6 is 0 Å². The maximum absolute atomic E-state index is 13.3. The highest BCUT2D eigenvalue weighted by Crippen LogP contribution is 2.31. The van der Waals surface area contributed by atoms with Crippen molar-refractivity contribution in [3.05, 3.63) is 53.7 Å². The number of carbonyl (C=O) groups is 2. The fourth-order valence-electron chi connectivity index (χ4n) is 4.03. The summed E-state index contributed by atoms with van der Waals surface area (Å²) in [5.74, 6) is -0.438. The molecule has 1 atom stereocenters. The minimum atomic E-state index is -4.81. The number of pyridine rings is 1. The summed E-state index contributed by atoms with van der Waals surface area (Å²) in [5.41, 5.74) is 2.70. The van der Waals surface area contributed by atoms with Crippen LogP contribution in [0.2, 0.25) is 0 Å². The lowest BCUT2D eigenvalue weighted by Gasteiger charge is -2.31. The number of urea groups is 1. The molecule has 0 aliphatic carbocycles. The topological polar surface area (TPSA) is 96.0 Å². The van der Waals surface area contributed by atoms with E-state index in [1.54, 1.807) is 6.07 Å². The van der Waals surface area contributed by atoms with Gasteiger partial charge < -0.3 is 25.0 Å². The number of halogens is 3. The van der Waals surface area contributed by atoms with Crippen molar-refractivity contribution in [1.29, 1.82) is 0 Å². The molecule has 36 heavy (non-hydrogen) atoms. The van der Waals surface area contributed by atoms with Crippen molar-refractivity contribution in [2.75, 3.05) is 50.6 Å². The van der Waals surface area contributed by atoms with Gasteiger partial charge in [-0.3, -0.25) is 9.69 Å². The van der Waals surface area contributed by atoms with Gasteiger partial charge in [0.15, 0.2) is 5.82 Å². The van der Waals surface area contributed by atoms with Crippen LogP contribution in [0.4, 0.5) is 29.5 Å².